The number of hydrogen-bond donors (Lipinski definition) is 0. The maximum atomic E-state index is 9.15. The lowest BCUT2D eigenvalue weighted by Crippen LogP contribution is -2.47. The fraction of sp³-hybridized carbons (Fsp3) is 0.263. The molecule has 0 N–H and O–H groups in total. The summed E-state index contributed by atoms with van der Waals surface area (Å²) in [4.78, 5) is 9.63. The van der Waals surface area contributed by atoms with E-state index >= 15 is 0 Å². The zero-order valence-electron chi connectivity index (χ0n) is 13.9. The van der Waals surface area contributed by atoms with Gasteiger partial charge in [0.05, 0.1) is 22.8 Å². The maximum absolute atomic E-state index is 9.15. The van der Waals surface area contributed by atoms with E-state index in [1.807, 2.05) is 29.0 Å². The third-order valence-corrected chi connectivity index (χ3v) is 5.59. The van der Waals surface area contributed by atoms with E-state index in [9.17, 15) is 0 Å². The molecule has 0 atom stereocenters. The fourth-order valence-corrected chi connectivity index (χ4v) is 4.26. The van der Waals surface area contributed by atoms with Crippen LogP contribution in [0.3, 0.4) is 0 Å². The summed E-state index contributed by atoms with van der Waals surface area (Å²) in [6.45, 7) is 3.95. The summed E-state index contributed by atoms with van der Waals surface area (Å²) in [5.41, 5.74) is 3.87. The number of rotatable bonds is 1. The van der Waals surface area contributed by atoms with Gasteiger partial charge >= 0.3 is 0 Å². The van der Waals surface area contributed by atoms with Gasteiger partial charge in [-0.1, -0.05) is 11.6 Å². The number of allylic oxidation sites excluding steroid dienone is 2. The van der Waals surface area contributed by atoms with Crippen molar-refractivity contribution in [3.8, 4) is 6.07 Å². The summed E-state index contributed by atoms with van der Waals surface area (Å²) in [7, 11) is 2.14. The summed E-state index contributed by atoms with van der Waals surface area (Å²) in [5, 5.41) is 15.8. The first-order chi connectivity index (χ1) is 12.2. The molecule has 1 aromatic carbocycles. The first kappa shape index (κ1) is 16.3. The molecule has 6 heteroatoms. The molecule has 3 heterocycles. The Kier molecular flexibility index (Phi) is 4.34. The van der Waals surface area contributed by atoms with Gasteiger partial charge in [-0.2, -0.15) is 5.26 Å². The maximum Gasteiger partial charge on any atom is 0.0944 e. The van der Waals surface area contributed by atoms with E-state index in [1.165, 1.54) is 0 Å². The Bertz CT molecular complexity index is 1010. The smallest absolute Gasteiger partial charge is 0.0944 e. The number of nitrogens with zero attached hydrogens (tertiary/aromatic N) is 4. The topological polar surface area (TPSA) is 42.6 Å². The minimum atomic E-state index is 0.694. The molecule has 0 amide bonds. The Labute approximate surface area is 155 Å². The number of thiophene rings is 1. The normalized spacial score (nSPS) is 18.6. The molecular weight excluding hydrogens is 352 g/mol. The van der Waals surface area contributed by atoms with Gasteiger partial charge in [0.15, 0.2) is 0 Å². The molecule has 2 aliphatic rings. The van der Waals surface area contributed by atoms with Gasteiger partial charge in [0.1, 0.15) is 0 Å². The average molecular weight is 369 g/mol. The first-order valence-electron chi connectivity index (χ1n) is 8.15. The molecule has 126 valence electrons. The summed E-state index contributed by atoms with van der Waals surface area (Å²) >= 11 is 8.02. The lowest BCUT2D eigenvalue weighted by molar-refractivity contribution is 0.312. The summed E-state index contributed by atoms with van der Waals surface area (Å²) in [6.07, 6.45) is 3.60. The second-order valence-corrected chi connectivity index (χ2v) is 7.49. The Hall–Kier alpha value is -2.13. The molecule has 0 radical (unpaired) electrons. The van der Waals surface area contributed by atoms with Crippen molar-refractivity contribution in [3.63, 3.8) is 0 Å². The largest absolute Gasteiger partial charge is 0.367 e. The van der Waals surface area contributed by atoms with Crippen molar-refractivity contribution in [1.82, 2.24) is 4.90 Å². The molecule has 1 fully saturated rings. The van der Waals surface area contributed by atoms with Gasteiger partial charge in [-0.3, -0.25) is 0 Å². The Morgan fingerprint density at radius 3 is 2.80 bits per heavy atom. The van der Waals surface area contributed by atoms with Gasteiger partial charge in [-0.25, -0.2) is 4.99 Å². The standard InChI is InChI=1S/C19H17ClN4S/c1-23-4-6-24(7-5-23)18-10-15(20)9-14-8-13(2-3-21)16-11-25-12-17(16)22-19(14)18/h2,8-12H,4-7H2,1H3. The molecule has 1 aromatic heterocycles. The van der Waals surface area contributed by atoms with Crippen LogP contribution in [-0.2, 0) is 0 Å². The highest BCUT2D eigenvalue weighted by molar-refractivity contribution is 7.08. The summed E-state index contributed by atoms with van der Waals surface area (Å²) < 4.78 is 0. The molecule has 2 aliphatic heterocycles. The monoisotopic (exact) mass is 368 g/mol. The van der Waals surface area contributed by atoms with Crippen LogP contribution in [0.5, 0.6) is 0 Å². The van der Waals surface area contributed by atoms with E-state index < -0.39 is 0 Å². The lowest BCUT2D eigenvalue weighted by atomic mass is 10.1. The van der Waals surface area contributed by atoms with Gasteiger partial charge in [0.25, 0.3) is 0 Å². The highest BCUT2D eigenvalue weighted by Crippen LogP contribution is 2.32. The minimum absolute atomic E-state index is 0.694. The molecule has 0 aliphatic carbocycles. The number of likely N-dealkylation sites (N-methyl/N-ethyl adjacent to an activating group) is 1. The predicted molar refractivity (Wildman–Crippen MR) is 104 cm³/mol. The van der Waals surface area contributed by atoms with Crippen LogP contribution < -0.4 is 15.5 Å². The van der Waals surface area contributed by atoms with Crippen molar-refractivity contribution in [1.29, 1.82) is 5.26 Å². The van der Waals surface area contributed by atoms with E-state index in [-0.39, 0.29) is 0 Å². The highest BCUT2D eigenvalue weighted by atomic mass is 35.5. The van der Waals surface area contributed by atoms with Crippen LogP contribution in [-0.4, -0.2) is 38.1 Å². The van der Waals surface area contributed by atoms with E-state index in [1.54, 1.807) is 17.4 Å². The van der Waals surface area contributed by atoms with Crippen LogP contribution in [0, 0.1) is 11.3 Å². The van der Waals surface area contributed by atoms with E-state index in [2.05, 4.69) is 22.9 Å². The number of anilines is 1. The third-order valence-electron chi connectivity index (χ3n) is 4.64. The summed E-state index contributed by atoms with van der Waals surface area (Å²) in [6, 6.07) is 6.08. The van der Waals surface area contributed by atoms with E-state index in [0.717, 1.165) is 59.3 Å². The second-order valence-electron chi connectivity index (χ2n) is 6.31. The lowest BCUT2D eigenvalue weighted by Gasteiger charge is -2.34. The summed E-state index contributed by atoms with van der Waals surface area (Å²) in [5.74, 6) is 0. The quantitative estimate of drug-likeness (QED) is 0.727. The van der Waals surface area contributed by atoms with Crippen molar-refractivity contribution in [3.05, 3.63) is 50.1 Å². The number of piperazine rings is 1. The van der Waals surface area contributed by atoms with Crippen molar-refractivity contribution in [2.24, 2.45) is 4.99 Å². The molecule has 0 saturated carbocycles. The zero-order chi connectivity index (χ0) is 17.4. The number of halogens is 1. The molecule has 4 nitrogen and oxygen atoms in total. The van der Waals surface area contributed by atoms with Crippen LogP contribution in [0.15, 0.2) is 34.0 Å². The number of fused-ring (bicyclic) bond motifs is 2. The minimum Gasteiger partial charge on any atom is -0.367 e. The Morgan fingerprint density at radius 1 is 1.24 bits per heavy atom. The third kappa shape index (κ3) is 3.09. The zero-order valence-corrected chi connectivity index (χ0v) is 15.4. The molecular formula is C19H17ClN4S. The predicted octanol–water partition coefficient (Wildman–Crippen LogP) is 2.81. The Balaban J connectivity index is 1.96. The van der Waals surface area contributed by atoms with Crippen molar-refractivity contribution in [2.45, 2.75) is 0 Å². The number of hydrogen-bond acceptors (Lipinski definition) is 5. The van der Waals surface area contributed by atoms with Gasteiger partial charge in [0, 0.05) is 58.8 Å². The molecule has 4 rings (SSSR count). The van der Waals surface area contributed by atoms with Crippen molar-refractivity contribution >= 4 is 46.0 Å². The van der Waals surface area contributed by atoms with Crippen molar-refractivity contribution in [2.75, 3.05) is 38.1 Å². The molecule has 2 aromatic rings. The molecule has 25 heavy (non-hydrogen) atoms. The van der Waals surface area contributed by atoms with Gasteiger partial charge in [0.2, 0.25) is 0 Å². The van der Waals surface area contributed by atoms with Crippen LogP contribution in [0.1, 0.15) is 5.56 Å². The van der Waals surface area contributed by atoms with Crippen LogP contribution >= 0.6 is 22.9 Å². The van der Waals surface area contributed by atoms with Crippen LogP contribution in [0.25, 0.3) is 11.6 Å². The van der Waals surface area contributed by atoms with Crippen LogP contribution in [0.2, 0.25) is 5.02 Å². The molecule has 0 spiro atoms. The SMILES string of the molecule is CN1CCN(c2cc(Cl)cc3c2=Nc2cscc2C(=CC#N)C=3)CC1. The molecule has 1 saturated heterocycles. The van der Waals surface area contributed by atoms with Gasteiger partial charge in [-0.05, 0) is 30.8 Å². The highest BCUT2D eigenvalue weighted by Gasteiger charge is 2.19. The first-order valence-corrected chi connectivity index (χ1v) is 9.47. The molecule has 0 unspecified atom stereocenters. The number of nitriles is 1. The number of benzene rings is 1. The fourth-order valence-electron chi connectivity index (χ4n) is 3.27. The average Bonchev–Trinajstić information content (AvgIpc) is 3.00. The van der Waals surface area contributed by atoms with E-state index in [0.29, 0.717) is 5.02 Å². The van der Waals surface area contributed by atoms with Crippen molar-refractivity contribution < 1.29 is 0 Å². The second kappa shape index (κ2) is 6.64. The Morgan fingerprint density at radius 2 is 2.04 bits per heavy atom. The molecule has 0 bridgehead atoms. The van der Waals surface area contributed by atoms with Gasteiger partial charge < -0.3 is 9.80 Å². The van der Waals surface area contributed by atoms with E-state index in [4.69, 9.17) is 21.9 Å². The van der Waals surface area contributed by atoms with Gasteiger partial charge in [-0.15, -0.1) is 11.3 Å². The van der Waals surface area contributed by atoms with Crippen LogP contribution in [0.4, 0.5) is 11.4 Å².